The smallest absolute Gasteiger partial charge is 0.335 e. The van der Waals surface area contributed by atoms with Crippen molar-refractivity contribution in [3.63, 3.8) is 0 Å². The largest absolute Gasteiger partial charge is 0.464 e. The Kier molecular flexibility index (Phi) is 53.5. The quantitative estimate of drug-likeness (QED) is 0.0265. The fourth-order valence-corrected chi connectivity index (χ4v) is 12.9. The molecule has 544 valence electrons. The van der Waals surface area contributed by atoms with Gasteiger partial charge in [-0.25, -0.2) is 14.4 Å². The first kappa shape index (κ1) is 86.2. The molecule has 0 aliphatic carbocycles. The summed E-state index contributed by atoms with van der Waals surface area (Å²) in [7, 11) is 0. The van der Waals surface area contributed by atoms with Gasteiger partial charge in [0.2, 0.25) is 0 Å². The van der Waals surface area contributed by atoms with E-state index in [-0.39, 0.29) is 42.5 Å². The fraction of sp³-hybridized carbons (Fsp3) is 0.962. The maximum Gasteiger partial charge on any atom is 0.335 e. The Bertz CT molecular complexity index is 1710. The number of carbonyl (C=O) groups is 3. The van der Waals surface area contributed by atoms with Crippen LogP contribution in [0.25, 0.3) is 0 Å². The van der Waals surface area contributed by atoms with Crippen molar-refractivity contribution >= 4 is 17.9 Å². The number of esters is 3. The van der Waals surface area contributed by atoms with Crippen molar-refractivity contribution in [1.82, 2.24) is 0 Å². The molecule has 0 aromatic carbocycles. The van der Waals surface area contributed by atoms with Crippen LogP contribution >= 0.6 is 0 Å². The second-order valence-electron chi connectivity index (χ2n) is 28.3. The molecule has 6 heterocycles. The SMILES string of the molecule is CCCCCC1OC(=O)C(C)OC1CCCC.CCCCCC1OC1CC1OC1C.CCCCCCCCCCCCCC1OC(=O)C(C)OC1CCCCCCCC.CCCCCCCCCCCCCC1OC1CC1OC1CCCCC.CCOC(=O)C(C)O. The molecule has 0 aromatic rings. The van der Waals surface area contributed by atoms with Crippen LogP contribution in [0.5, 0.6) is 0 Å². The Labute approximate surface area is 566 Å². The number of hydrogen-bond acceptors (Lipinski definition) is 13. The molecule has 13 heteroatoms. The summed E-state index contributed by atoms with van der Waals surface area (Å²) in [6.45, 7) is 24.8. The molecule has 0 spiro atoms. The molecule has 92 heavy (non-hydrogen) atoms. The van der Waals surface area contributed by atoms with E-state index in [9.17, 15) is 14.4 Å². The third-order valence-electron chi connectivity index (χ3n) is 19.4. The number of epoxide rings is 4. The number of cyclic esters (lactones) is 2. The average molecular weight is 1310 g/mol. The Morgan fingerprint density at radius 1 is 0.326 bits per heavy atom. The third-order valence-corrected chi connectivity index (χ3v) is 19.4. The van der Waals surface area contributed by atoms with E-state index < -0.39 is 18.2 Å². The van der Waals surface area contributed by atoms with Crippen LogP contribution in [0.2, 0.25) is 0 Å². The van der Waals surface area contributed by atoms with Crippen LogP contribution in [0.3, 0.4) is 0 Å². The van der Waals surface area contributed by atoms with Crippen LogP contribution in [-0.2, 0) is 57.0 Å². The van der Waals surface area contributed by atoms with Crippen molar-refractivity contribution in [2.45, 2.75) is 483 Å². The summed E-state index contributed by atoms with van der Waals surface area (Å²) < 4.78 is 50.0. The molecule has 15 atom stereocenters. The van der Waals surface area contributed by atoms with E-state index in [0.717, 1.165) is 57.8 Å². The van der Waals surface area contributed by atoms with Crippen LogP contribution in [0, 0.1) is 0 Å². The second kappa shape index (κ2) is 57.1. The molecule has 6 fully saturated rings. The first-order valence-corrected chi connectivity index (χ1v) is 39.9. The highest BCUT2D eigenvalue weighted by molar-refractivity contribution is 5.75. The lowest BCUT2D eigenvalue weighted by Crippen LogP contribution is -2.45. The molecule has 0 saturated carbocycles. The summed E-state index contributed by atoms with van der Waals surface area (Å²) in [6.07, 6.45) is 64.9. The number of aliphatic hydroxyl groups is 1. The van der Waals surface area contributed by atoms with Crippen molar-refractivity contribution in [3.8, 4) is 0 Å². The summed E-state index contributed by atoms with van der Waals surface area (Å²) in [5.41, 5.74) is 0. The van der Waals surface area contributed by atoms with Gasteiger partial charge in [-0.3, -0.25) is 0 Å². The maximum absolute atomic E-state index is 12.0. The molecular weight excluding hydrogens is 1160 g/mol. The second-order valence-corrected chi connectivity index (χ2v) is 28.3. The average Bonchev–Trinajstić information content (AvgIpc) is 1.65. The molecule has 0 bridgehead atoms. The number of ether oxygens (including phenoxy) is 9. The normalized spacial score (nSPS) is 26.9. The number of carbonyl (C=O) groups excluding carboxylic acids is 3. The van der Waals surface area contributed by atoms with Crippen molar-refractivity contribution in [1.29, 1.82) is 0 Å². The highest BCUT2D eigenvalue weighted by atomic mass is 16.6. The lowest BCUT2D eigenvalue weighted by molar-refractivity contribution is -0.200. The number of unbranched alkanes of at least 4 members (excludes halogenated alkanes) is 32. The van der Waals surface area contributed by atoms with E-state index in [1.807, 2.05) is 6.92 Å². The van der Waals surface area contributed by atoms with Crippen molar-refractivity contribution < 1.29 is 62.1 Å². The number of aliphatic hydroxyl groups excluding tert-OH is 1. The predicted octanol–water partition coefficient (Wildman–Crippen LogP) is 21.2. The van der Waals surface area contributed by atoms with Gasteiger partial charge in [0.15, 0.2) is 12.2 Å². The number of hydrogen-bond donors (Lipinski definition) is 1. The van der Waals surface area contributed by atoms with E-state index >= 15 is 0 Å². The minimum Gasteiger partial charge on any atom is -0.464 e. The summed E-state index contributed by atoms with van der Waals surface area (Å²) in [6, 6.07) is 0. The summed E-state index contributed by atoms with van der Waals surface area (Å²) in [5.74, 6) is -0.927. The van der Waals surface area contributed by atoms with Gasteiger partial charge < -0.3 is 47.7 Å². The molecule has 1 N–H and O–H groups in total. The lowest BCUT2D eigenvalue weighted by Gasteiger charge is -2.34. The molecule has 13 nitrogen and oxygen atoms in total. The summed E-state index contributed by atoms with van der Waals surface area (Å²) in [5, 5.41) is 8.48. The highest BCUT2D eigenvalue weighted by Gasteiger charge is 2.48. The van der Waals surface area contributed by atoms with Crippen LogP contribution in [0.4, 0.5) is 0 Å². The van der Waals surface area contributed by atoms with E-state index in [0.29, 0.717) is 55.4 Å². The summed E-state index contributed by atoms with van der Waals surface area (Å²) in [4.78, 5) is 33.7. The maximum atomic E-state index is 12.0. The highest BCUT2D eigenvalue weighted by Crippen LogP contribution is 2.40. The van der Waals surface area contributed by atoms with Gasteiger partial charge in [-0.05, 0) is 92.4 Å². The van der Waals surface area contributed by atoms with Crippen LogP contribution in [0.15, 0.2) is 0 Å². The Balaban J connectivity index is 0.000000414. The van der Waals surface area contributed by atoms with Gasteiger partial charge in [-0.2, -0.15) is 0 Å². The van der Waals surface area contributed by atoms with Gasteiger partial charge in [0.05, 0.1) is 67.6 Å². The Morgan fingerprint density at radius 3 is 0.815 bits per heavy atom. The van der Waals surface area contributed by atoms with Gasteiger partial charge in [0.25, 0.3) is 0 Å². The monoisotopic (exact) mass is 1310 g/mol. The lowest BCUT2D eigenvalue weighted by atomic mass is 9.98. The van der Waals surface area contributed by atoms with Gasteiger partial charge >= 0.3 is 17.9 Å². The molecule has 6 aliphatic rings. The zero-order valence-corrected chi connectivity index (χ0v) is 62.2. The van der Waals surface area contributed by atoms with E-state index in [1.54, 1.807) is 13.8 Å². The van der Waals surface area contributed by atoms with E-state index in [1.165, 1.54) is 257 Å². The molecule has 6 rings (SSSR count). The molecule has 0 radical (unpaired) electrons. The molecule has 0 amide bonds. The van der Waals surface area contributed by atoms with Crippen LogP contribution < -0.4 is 0 Å². The van der Waals surface area contributed by atoms with Crippen molar-refractivity contribution in [2.24, 2.45) is 0 Å². The molecule has 6 saturated heterocycles. The molecule has 15 unspecified atom stereocenters. The van der Waals surface area contributed by atoms with Crippen LogP contribution in [0.1, 0.15) is 391 Å². The molecule has 6 aliphatic heterocycles. The fourth-order valence-electron chi connectivity index (χ4n) is 12.9. The predicted molar refractivity (Wildman–Crippen MR) is 378 cm³/mol. The van der Waals surface area contributed by atoms with Gasteiger partial charge in [0, 0.05) is 12.8 Å². The zero-order chi connectivity index (χ0) is 67.4. The van der Waals surface area contributed by atoms with Crippen LogP contribution in [-0.4, -0.2) is 121 Å². The minimum atomic E-state index is -0.991. The molecule has 0 aromatic heterocycles. The van der Waals surface area contributed by atoms with Crippen molar-refractivity contribution in [3.05, 3.63) is 0 Å². The van der Waals surface area contributed by atoms with E-state index in [4.69, 9.17) is 43.0 Å². The Hall–Kier alpha value is -1.87. The van der Waals surface area contributed by atoms with Crippen molar-refractivity contribution in [2.75, 3.05) is 6.61 Å². The minimum absolute atomic E-state index is 0.0169. The standard InChI is InChI=1S/C26H50O3.C23H44O2.C14H26O3.C11H20O2.C5H10O3/c1-4-6-8-10-12-13-14-15-16-18-20-22-25-24(28-23(3)26(27)29-25)21-19-17-11-9-7-5-2;1-3-5-7-8-9-10-11-12-13-14-16-18-21-23(25-21)19-22-20(24-22)17-15-6-4-2;1-4-6-8-10-13-12(9-7-5-2)16-11(3)14(15)17-13;1-3-4-5-6-9-11(13-9)7-10-8(2)12-10;1-3-8-5(7)4(2)6/h23-25H,4-22H2,1-3H3;20-23H,3-19H2,1-2H3;11-13H,4-10H2,1-3H3;8-11H,3-7H2,1-2H3;4,6H,3H2,1-2H3. The molecular formula is C79H150O13. The topological polar surface area (TPSA) is 168 Å². The van der Waals surface area contributed by atoms with Gasteiger partial charge in [-0.1, -0.05) is 286 Å². The third kappa shape index (κ3) is 44.9. The number of rotatable bonds is 52. The summed E-state index contributed by atoms with van der Waals surface area (Å²) >= 11 is 0. The first-order chi connectivity index (χ1) is 44.7. The Morgan fingerprint density at radius 2 is 0.554 bits per heavy atom. The first-order valence-electron chi connectivity index (χ1n) is 39.9. The van der Waals surface area contributed by atoms with E-state index in [2.05, 4.69) is 60.1 Å². The van der Waals surface area contributed by atoms with Gasteiger partial charge in [0.1, 0.15) is 18.3 Å². The van der Waals surface area contributed by atoms with Gasteiger partial charge in [-0.15, -0.1) is 0 Å². The zero-order valence-electron chi connectivity index (χ0n) is 62.2.